The van der Waals surface area contributed by atoms with E-state index in [1.54, 1.807) is 11.3 Å². The molecule has 0 unspecified atom stereocenters. The molecule has 3 heterocycles. The van der Waals surface area contributed by atoms with Crippen molar-refractivity contribution < 1.29 is 4.79 Å². The zero-order valence-corrected chi connectivity index (χ0v) is 13.6. The van der Waals surface area contributed by atoms with Gasteiger partial charge in [0.05, 0.1) is 16.6 Å². The number of carbonyl (C=O) groups is 1. The quantitative estimate of drug-likeness (QED) is 0.786. The fourth-order valence-electron chi connectivity index (χ4n) is 3.25. The van der Waals surface area contributed by atoms with Crippen molar-refractivity contribution in [1.82, 2.24) is 15.1 Å². The molecule has 1 N–H and O–H groups in total. The number of aromatic amines is 1. The average molecular weight is 323 g/mol. The van der Waals surface area contributed by atoms with E-state index in [-0.39, 0.29) is 11.9 Å². The van der Waals surface area contributed by atoms with Gasteiger partial charge in [-0.3, -0.25) is 9.89 Å². The predicted octanol–water partition coefficient (Wildman–Crippen LogP) is 4.09. The smallest absolute Gasteiger partial charge is 0.275 e. The van der Waals surface area contributed by atoms with Crippen molar-refractivity contribution >= 4 is 17.2 Å². The second-order valence-corrected chi connectivity index (χ2v) is 6.60. The van der Waals surface area contributed by atoms with Gasteiger partial charge in [0.25, 0.3) is 5.91 Å². The highest BCUT2D eigenvalue weighted by atomic mass is 32.1. The van der Waals surface area contributed by atoms with E-state index in [9.17, 15) is 4.79 Å². The fraction of sp³-hybridized carbons (Fsp3) is 0.222. The molecule has 0 fully saturated rings. The third-order valence-electron chi connectivity index (χ3n) is 4.20. The molecule has 0 radical (unpaired) electrons. The summed E-state index contributed by atoms with van der Waals surface area (Å²) in [5.41, 5.74) is 3.68. The first kappa shape index (κ1) is 14.2. The van der Waals surface area contributed by atoms with Crippen molar-refractivity contribution in [2.24, 2.45) is 0 Å². The monoisotopic (exact) mass is 323 g/mol. The lowest BCUT2D eigenvalue weighted by Gasteiger charge is -2.25. The molecular weight excluding hydrogens is 306 g/mol. The largest absolute Gasteiger partial charge is 0.326 e. The number of fused-ring (bicyclic) bond motifs is 1. The van der Waals surface area contributed by atoms with Gasteiger partial charge in [-0.1, -0.05) is 43.3 Å². The molecule has 4 rings (SSSR count). The second kappa shape index (κ2) is 5.66. The number of nitrogens with zero attached hydrogens (tertiary/aromatic N) is 2. The molecule has 5 heteroatoms. The molecule has 0 bridgehead atoms. The summed E-state index contributed by atoms with van der Waals surface area (Å²) in [7, 11) is 0. The van der Waals surface area contributed by atoms with Crippen molar-refractivity contribution in [2.45, 2.75) is 19.4 Å². The van der Waals surface area contributed by atoms with Crippen LogP contribution in [0.25, 0.3) is 10.6 Å². The van der Waals surface area contributed by atoms with Crippen molar-refractivity contribution in [3.8, 4) is 10.6 Å². The summed E-state index contributed by atoms with van der Waals surface area (Å²) in [5, 5.41) is 9.46. The van der Waals surface area contributed by atoms with Crippen LogP contribution >= 0.6 is 11.3 Å². The molecule has 3 aromatic rings. The highest BCUT2D eigenvalue weighted by molar-refractivity contribution is 7.13. The molecule has 1 aliphatic rings. The maximum absolute atomic E-state index is 12.8. The van der Waals surface area contributed by atoms with E-state index >= 15 is 0 Å². The molecule has 2 aromatic heterocycles. The Kier molecular flexibility index (Phi) is 3.50. The van der Waals surface area contributed by atoms with E-state index in [2.05, 4.69) is 35.3 Å². The first-order chi connectivity index (χ1) is 11.3. The average Bonchev–Trinajstić information content (AvgIpc) is 3.28. The summed E-state index contributed by atoms with van der Waals surface area (Å²) in [6, 6.07) is 14.2. The summed E-state index contributed by atoms with van der Waals surface area (Å²) in [6.45, 7) is 2.83. The molecule has 0 aliphatic carbocycles. The zero-order chi connectivity index (χ0) is 15.8. The Hall–Kier alpha value is -2.40. The second-order valence-electron chi connectivity index (χ2n) is 5.65. The molecule has 1 atom stereocenters. The number of benzene rings is 1. The molecule has 0 saturated heterocycles. The molecular formula is C18H17N3OS. The van der Waals surface area contributed by atoms with Crippen LogP contribution in [0.15, 0.2) is 47.8 Å². The lowest BCUT2D eigenvalue weighted by Crippen LogP contribution is -2.30. The third-order valence-corrected chi connectivity index (χ3v) is 5.09. The first-order valence-corrected chi connectivity index (χ1v) is 8.67. The topological polar surface area (TPSA) is 49.0 Å². The van der Waals surface area contributed by atoms with Gasteiger partial charge >= 0.3 is 0 Å². The van der Waals surface area contributed by atoms with E-state index in [0.29, 0.717) is 5.69 Å². The minimum atomic E-state index is -0.0606. The van der Waals surface area contributed by atoms with E-state index in [1.165, 1.54) is 0 Å². The Morgan fingerprint density at radius 2 is 2.04 bits per heavy atom. The lowest BCUT2D eigenvalue weighted by atomic mass is 9.98. The van der Waals surface area contributed by atoms with Crippen LogP contribution < -0.4 is 0 Å². The standard InChI is InChI=1S/C18H17N3OS/c1-2-10-21-17(12-7-4-3-5-8-12)14-15(13-9-6-11-23-13)19-20-16(14)18(21)22/h3-9,11,17H,2,10H2,1H3,(H,19,20)/t17-/m1/s1. The molecule has 116 valence electrons. The van der Waals surface area contributed by atoms with Gasteiger partial charge in [-0.05, 0) is 23.4 Å². The van der Waals surface area contributed by atoms with Gasteiger partial charge in [-0.25, -0.2) is 0 Å². The number of thiophene rings is 1. The van der Waals surface area contributed by atoms with E-state index in [1.807, 2.05) is 34.5 Å². The number of H-pyrrole nitrogens is 1. The van der Waals surface area contributed by atoms with Crippen LogP contribution in [0.5, 0.6) is 0 Å². The molecule has 0 saturated carbocycles. The number of rotatable bonds is 4. The molecule has 1 aliphatic heterocycles. The van der Waals surface area contributed by atoms with Crippen molar-refractivity contribution in [2.75, 3.05) is 6.54 Å². The molecule has 4 nitrogen and oxygen atoms in total. The summed E-state index contributed by atoms with van der Waals surface area (Å²) in [6.07, 6.45) is 0.928. The van der Waals surface area contributed by atoms with Gasteiger partial charge in [0, 0.05) is 12.1 Å². The Morgan fingerprint density at radius 3 is 2.74 bits per heavy atom. The number of aromatic nitrogens is 2. The minimum Gasteiger partial charge on any atom is -0.326 e. The van der Waals surface area contributed by atoms with Crippen LogP contribution in [0.3, 0.4) is 0 Å². The Balaban J connectivity index is 1.90. The maximum atomic E-state index is 12.8. The summed E-state index contributed by atoms with van der Waals surface area (Å²) in [5.74, 6) is 0.0229. The van der Waals surface area contributed by atoms with Gasteiger partial charge in [-0.2, -0.15) is 5.10 Å². The van der Waals surface area contributed by atoms with Crippen molar-refractivity contribution in [3.05, 3.63) is 64.7 Å². The summed E-state index contributed by atoms with van der Waals surface area (Å²) >= 11 is 1.66. The predicted molar refractivity (Wildman–Crippen MR) is 91.5 cm³/mol. The van der Waals surface area contributed by atoms with Gasteiger partial charge < -0.3 is 4.90 Å². The van der Waals surface area contributed by atoms with Crippen LogP contribution in [0.2, 0.25) is 0 Å². The molecule has 0 spiro atoms. The number of nitrogens with one attached hydrogen (secondary N) is 1. The van der Waals surface area contributed by atoms with Gasteiger partial charge in [0.1, 0.15) is 0 Å². The highest BCUT2D eigenvalue weighted by Gasteiger charge is 2.41. The highest BCUT2D eigenvalue weighted by Crippen LogP contribution is 2.43. The minimum absolute atomic E-state index is 0.0229. The zero-order valence-electron chi connectivity index (χ0n) is 12.8. The summed E-state index contributed by atoms with van der Waals surface area (Å²) < 4.78 is 0. The van der Waals surface area contributed by atoms with Gasteiger partial charge in [0.15, 0.2) is 5.69 Å². The molecule has 23 heavy (non-hydrogen) atoms. The Labute approximate surface area is 138 Å². The maximum Gasteiger partial charge on any atom is 0.275 e. The fourth-order valence-corrected chi connectivity index (χ4v) is 3.99. The number of hydrogen-bond acceptors (Lipinski definition) is 3. The number of carbonyl (C=O) groups excluding carboxylic acids is 1. The van der Waals surface area contributed by atoms with E-state index in [0.717, 1.165) is 34.7 Å². The first-order valence-electron chi connectivity index (χ1n) is 7.79. The van der Waals surface area contributed by atoms with Crippen LogP contribution in [0, 0.1) is 0 Å². The van der Waals surface area contributed by atoms with Crippen LogP contribution in [0.4, 0.5) is 0 Å². The molecule has 1 amide bonds. The van der Waals surface area contributed by atoms with Crippen LogP contribution in [-0.4, -0.2) is 27.5 Å². The lowest BCUT2D eigenvalue weighted by molar-refractivity contribution is 0.0744. The van der Waals surface area contributed by atoms with E-state index in [4.69, 9.17) is 0 Å². The van der Waals surface area contributed by atoms with Crippen LogP contribution in [-0.2, 0) is 0 Å². The Morgan fingerprint density at radius 1 is 1.22 bits per heavy atom. The van der Waals surface area contributed by atoms with E-state index < -0.39 is 0 Å². The normalized spacial score (nSPS) is 16.8. The van der Waals surface area contributed by atoms with Crippen molar-refractivity contribution in [1.29, 1.82) is 0 Å². The SMILES string of the molecule is CCCN1C(=O)c2n[nH]c(-c3cccs3)c2[C@H]1c1ccccc1. The third kappa shape index (κ3) is 2.19. The van der Waals surface area contributed by atoms with Gasteiger partial charge in [0.2, 0.25) is 0 Å². The molecule has 1 aromatic carbocycles. The summed E-state index contributed by atoms with van der Waals surface area (Å²) in [4.78, 5) is 15.9. The van der Waals surface area contributed by atoms with Gasteiger partial charge in [-0.15, -0.1) is 11.3 Å². The number of hydrogen-bond donors (Lipinski definition) is 1. The van der Waals surface area contributed by atoms with Crippen LogP contribution in [0.1, 0.15) is 41.0 Å². The number of amides is 1. The van der Waals surface area contributed by atoms with Crippen molar-refractivity contribution in [3.63, 3.8) is 0 Å². The Bertz CT molecular complexity index is 823.